The standard InChI is InChI=1S/C19H28N2O3S2.2C2H6/c1-3-12-21(13-4-2)26(23,24)18-10-8-16(9-11-18)19-20-17(15-25-19)7-5-6-14-22;2*1-2/h8-11,15,22H,3-7,12-14H2,1-2H3;2*1-2H3. The molecule has 0 amide bonds. The quantitative estimate of drug-likeness (QED) is 0.422. The van der Waals surface area contributed by atoms with Gasteiger partial charge in [-0.15, -0.1) is 11.3 Å². The van der Waals surface area contributed by atoms with Crippen molar-refractivity contribution in [3.63, 3.8) is 0 Å². The molecule has 2 rings (SSSR count). The second-order valence-electron chi connectivity index (χ2n) is 6.25. The number of sulfonamides is 1. The molecule has 2 aromatic rings. The summed E-state index contributed by atoms with van der Waals surface area (Å²) in [6.07, 6.45) is 4.16. The van der Waals surface area contributed by atoms with Crippen molar-refractivity contribution in [1.82, 2.24) is 9.29 Å². The first kappa shape index (κ1) is 28.7. The average molecular weight is 457 g/mol. The Morgan fingerprint density at radius 1 is 0.967 bits per heavy atom. The Bertz CT molecular complexity index is 766. The maximum Gasteiger partial charge on any atom is 0.243 e. The van der Waals surface area contributed by atoms with Crippen LogP contribution in [-0.4, -0.2) is 42.5 Å². The van der Waals surface area contributed by atoms with Gasteiger partial charge in [0.25, 0.3) is 0 Å². The van der Waals surface area contributed by atoms with Crippen molar-refractivity contribution in [3.8, 4) is 10.6 Å². The van der Waals surface area contributed by atoms with E-state index in [0.717, 1.165) is 48.4 Å². The molecule has 7 heteroatoms. The van der Waals surface area contributed by atoms with Crippen LogP contribution < -0.4 is 0 Å². The highest BCUT2D eigenvalue weighted by Crippen LogP contribution is 2.26. The minimum atomic E-state index is -3.44. The van der Waals surface area contributed by atoms with E-state index in [2.05, 4.69) is 4.98 Å². The molecule has 0 saturated carbocycles. The monoisotopic (exact) mass is 456 g/mol. The van der Waals surface area contributed by atoms with Crippen molar-refractivity contribution in [2.24, 2.45) is 0 Å². The van der Waals surface area contributed by atoms with Crippen LogP contribution in [0.3, 0.4) is 0 Å². The Labute approximate surface area is 188 Å². The van der Waals surface area contributed by atoms with Gasteiger partial charge in [-0.1, -0.05) is 53.7 Å². The molecular formula is C23H40N2O3S2. The molecule has 1 heterocycles. The van der Waals surface area contributed by atoms with Crippen LogP contribution in [0.25, 0.3) is 10.6 Å². The summed E-state index contributed by atoms with van der Waals surface area (Å²) < 4.78 is 27.2. The molecule has 0 atom stereocenters. The number of nitrogens with zero attached hydrogens (tertiary/aromatic N) is 2. The van der Waals surface area contributed by atoms with Gasteiger partial charge in [0, 0.05) is 30.6 Å². The van der Waals surface area contributed by atoms with E-state index in [1.165, 1.54) is 0 Å². The number of benzene rings is 1. The Kier molecular flexibility index (Phi) is 15.7. The van der Waals surface area contributed by atoms with Crippen LogP contribution in [0.1, 0.15) is 72.9 Å². The zero-order chi connectivity index (χ0) is 23.0. The Morgan fingerprint density at radius 3 is 2.03 bits per heavy atom. The molecule has 0 fully saturated rings. The number of thiazole rings is 1. The summed E-state index contributed by atoms with van der Waals surface area (Å²) in [5.41, 5.74) is 1.95. The van der Waals surface area contributed by atoms with Crippen LogP contribution in [0.2, 0.25) is 0 Å². The number of hydrogen-bond acceptors (Lipinski definition) is 5. The summed E-state index contributed by atoms with van der Waals surface area (Å²) in [4.78, 5) is 4.95. The zero-order valence-corrected chi connectivity index (χ0v) is 21.2. The molecule has 0 aliphatic carbocycles. The third kappa shape index (κ3) is 8.84. The Morgan fingerprint density at radius 2 is 1.53 bits per heavy atom. The number of rotatable bonds is 11. The topological polar surface area (TPSA) is 70.5 Å². The maximum absolute atomic E-state index is 12.8. The van der Waals surface area contributed by atoms with Crippen LogP contribution >= 0.6 is 11.3 Å². The second-order valence-corrected chi connectivity index (χ2v) is 9.05. The van der Waals surface area contributed by atoms with Crippen molar-refractivity contribution in [3.05, 3.63) is 35.3 Å². The Balaban J connectivity index is 0.00000198. The SMILES string of the molecule is CC.CC.CCCN(CCC)S(=O)(=O)c1ccc(-c2nc(CCCCO)cs2)cc1. The molecule has 5 nitrogen and oxygen atoms in total. The molecule has 0 radical (unpaired) electrons. The molecule has 0 unspecified atom stereocenters. The fraction of sp³-hybridized carbons (Fsp3) is 0.609. The Hall–Kier alpha value is -1.28. The summed E-state index contributed by atoms with van der Waals surface area (Å²) in [5.74, 6) is 0. The van der Waals surface area contributed by atoms with E-state index in [1.54, 1.807) is 27.8 Å². The van der Waals surface area contributed by atoms with Crippen LogP contribution in [0, 0.1) is 0 Å². The van der Waals surface area contributed by atoms with E-state index < -0.39 is 10.0 Å². The predicted octanol–water partition coefficient (Wildman–Crippen LogP) is 5.99. The molecule has 1 aromatic heterocycles. The molecule has 0 saturated heterocycles. The van der Waals surface area contributed by atoms with Gasteiger partial charge in [-0.2, -0.15) is 4.31 Å². The second kappa shape index (κ2) is 16.4. The minimum Gasteiger partial charge on any atom is -0.396 e. The first-order chi connectivity index (χ1) is 14.5. The van der Waals surface area contributed by atoms with E-state index in [1.807, 2.05) is 59.1 Å². The first-order valence-corrected chi connectivity index (χ1v) is 13.5. The fourth-order valence-electron chi connectivity index (χ4n) is 2.74. The van der Waals surface area contributed by atoms with Crippen molar-refractivity contribution in [2.75, 3.05) is 19.7 Å². The van der Waals surface area contributed by atoms with E-state index in [9.17, 15) is 8.42 Å². The average Bonchev–Trinajstić information content (AvgIpc) is 3.26. The molecule has 0 aliphatic rings. The van der Waals surface area contributed by atoms with E-state index in [-0.39, 0.29) is 6.61 Å². The van der Waals surface area contributed by atoms with Gasteiger partial charge in [0.1, 0.15) is 5.01 Å². The van der Waals surface area contributed by atoms with Crippen LogP contribution in [0.5, 0.6) is 0 Å². The summed E-state index contributed by atoms with van der Waals surface area (Å²) in [6, 6.07) is 7.02. The molecule has 0 spiro atoms. The number of hydrogen-bond donors (Lipinski definition) is 1. The van der Waals surface area contributed by atoms with Gasteiger partial charge in [0.2, 0.25) is 10.0 Å². The van der Waals surface area contributed by atoms with Crippen molar-refractivity contribution in [1.29, 1.82) is 0 Å². The minimum absolute atomic E-state index is 0.208. The maximum atomic E-state index is 12.8. The normalized spacial score (nSPS) is 10.8. The van der Waals surface area contributed by atoms with E-state index in [0.29, 0.717) is 18.0 Å². The molecule has 30 heavy (non-hydrogen) atoms. The molecule has 0 bridgehead atoms. The first-order valence-electron chi connectivity index (χ1n) is 11.2. The lowest BCUT2D eigenvalue weighted by Crippen LogP contribution is -2.32. The lowest BCUT2D eigenvalue weighted by atomic mass is 10.2. The number of aromatic nitrogens is 1. The zero-order valence-electron chi connectivity index (χ0n) is 19.5. The highest BCUT2D eigenvalue weighted by Gasteiger charge is 2.23. The molecule has 1 aromatic carbocycles. The summed E-state index contributed by atoms with van der Waals surface area (Å²) in [6.45, 7) is 13.3. The highest BCUT2D eigenvalue weighted by atomic mass is 32.2. The smallest absolute Gasteiger partial charge is 0.243 e. The van der Waals surface area contributed by atoms with Gasteiger partial charge in [0.15, 0.2) is 0 Å². The molecule has 0 aliphatic heterocycles. The molecular weight excluding hydrogens is 416 g/mol. The molecule has 172 valence electrons. The van der Waals surface area contributed by atoms with Gasteiger partial charge in [0.05, 0.1) is 10.6 Å². The van der Waals surface area contributed by atoms with Gasteiger partial charge in [-0.3, -0.25) is 0 Å². The van der Waals surface area contributed by atoms with Crippen LogP contribution in [0.4, 0.5) is 0 Å². The molecule has 1 N–H and O–H groups in total. The van der Waals surface area contributed by atoms with Gasteiger partial charge < -0.3 is 5.11 Å². The third-order valence-electron chi connectivity index (χ3n) is 4.08. The van der Waals surface area contributed by atoms with E-state index in [4.69, 9.17) is 5.11 Å². The van der Waals surface area contributed by atoms with Gasteiger partial charge >= 0.3 is 0 Å². The van der Waals surface area contributed by atoms with Crippen molar-refractivity contribution < 1.29 is 13.5 Å². The largest absolute Gasteiger partial charge is 0.396 e. The number of aliphatic hydroxyl groups excluding tert-OH is 1. The van der Waals surface area contributed by atoms with E-state index >= 15 is 0 Å². The number of aryl methyl sites for hydroxylation is 1. The lowest BCUT2D eigenvalue weighted by Gasteiger charge is -2.21. The van der Waals surface area contributed by atoms with Crippen LogP contribution in [-0.2, 0) is 16.4 Å². The number of unbranched alkanes of at least 4 members (excludes halogenated alkanes) is 1. The highest BCUT2D eigenvalue weighted by molar-refractivity contribution is 7.89. The lowest BCUT2D eigenvalue weighted by molar-refractivity contribution is 0.284. The van der Waals surface area contributed by atoms with Gasteiger partial charge in [-0.25, -0.2) is 13.4 Å². The van der Waals surface area contributed by atoms with Crippen molar-refractivity contribution >= 4 is 21.4 Å². The number of aliphatic hydroxyl groups is 1. The van der Waals surface area contributed by atoms with Gasteiger partial charge in [-0.05, 0) is 44.2 Å². The third-order valence-corrected chi connectivity index (χ3v) is 6.93. The summed E-state index contributed by atoms with van der Waals surface area (Å²) in [5, 5.41) is 11.8. The van der Waals surface area contributed by atoms with Crippen molar-refractivity contribution in [2.45, 2.75) is 78.5 Å². The summed E-state index contributed by atoms with van der Waals surface area (Å²) >= 11 is 1.56. The fourth-order valence-corrected chi connectivity index (χ4v) is 5.23. The van der Waals surface area contributed by atoms with Crippen LogP contribution in [0.15, 0.2) is 34.5 Å². The summed E-state index contributed by atoms with van der Waals surface area (Å²) in [7, 11) is -3.44. The predicted molar refractivity (Wildman–Crippen MR) is 130 cm³/mol.